The Bertz CT molecular complexity index is 937. The van der Waals surface area contributed by atoms with Gasteiger partial charge in [0, 0.05) is 46.7 Å². The van der Waals surface area contributed by atoms with Gasteiger partial charge < -0.3 is 19.3 Å². The van der Waals surface area contributed by atoms with E-state index in [0.717, 1.165) is 22.5 Å². The maximum absolute atomic E-state index is 12.3. The van der Waals surface area contributed by atoms with Crippen molar-refractivity contribution in [3.05, 3.63) is 47.5 Å². The van der Waals surface area contributed by atoms with Crippen molar-refractivity contribution in [3.8, 4) is 11.5 Å². The molecule has 0 aromatic heterocycles. The van der Waals surface area contributed by atoms with Gasteiger partial charge in [0.15, 0.2) is 0 Å². The minimum Gasteiger partial charge on any atom is -0.410 e. The molecule has 2 aromatic carbocycles. The predicted molar refractivity (Wildman–Crippen MR) is 134 cm³/mol. The second-order valence-electron chi connectivity index (χ2n) is 10.3. The molecule has 2 aromatic rings. The second kappa shape index (κ2) is 9.80. The van der Waals surface area contributed by atoms with Crippen LogP contribution in [0.4, 0.5) is 21.0 Å². The van der Waals surface area contributed by atoms with Crippen LogP contribution in [0, 0.1) is 0 Å². The van der Waals surface area contributed by atoms with E-state index in [1.54, 1.807) is 28.2 Å². The molecule has 0 aliphatic carbocycles. The van der Waals surface area contributed by atoms with E-state index in [0.29, 0.717) is 26.9 Å². The molecule has 0 spiro atoms. The number of carbonyl (C=O) groups excluding carboxylic acids is 2. The molecule has 0 radical (unpaired) electrons. The normalized spacial score (nSPS) is 11.7. The van der Waals surface area contributed by atoms with Gasteiger partial charge in [-0.1, -0.05) is 0 Å². The zero-order valence-corrected chi connectivity index (χ0v) is 21.6. The van der Waals surface area contributed by atoms with Gasteiger partial charge in [-0.15, -0.1) is 0 Å². The van der Waals surface area contributed by atoms with Crippen LogP contribution in [-0.2, 0) is 6.42 Å². The van der Waals surface area contributed by atoms with E-state index < -0.39 is 12.2 Å². The molecule has 0 atom stereocenters. The van der Waals surface area contributed by atoms with Crippen molar-refractivity contribution in [2.45, 2.75) is 6.42 Å². The standard InChI is InChI=1S/C25H38N4O4/c1-26(2)24(30)32-22-16-20(28(5,6)7)13-11-18(22)15-19-12-14-21(29(8,9)10)17-23(19)33-25(31)27(3)4/h11-14,16-17H,15H2,1-10H3/q+2. The number of quaternary nitrogens is 2. The third-order valence-corrected chi connectivity index (χ3v) is 5.16. The summed E-state index contributed by atoms with van der Waals surface area (Å²) in [6, 6.07) is 11.7. The zero-order valence-electron chi connectivity index (χ0n) is 21.6. The van der Waals surface area contributed by atoms with Gasteiger partial charge in [0.05, 0.1) is 42.3 Å². The van der Waals surface area contributed by atoms with Crippen LogP contribution in [0.25, 0.3) is 0 Å². The van der Waals surface area contributed by atoms with Gasteiger partial charge >= 0.3 is 12.2 Å². The van der Waals surface area contributed by atoms with Gasteiger partial charge in [0.2, 0.25) is 0 Å². The molecule has 0 fully saturated rings. The van der Waals surface area contributed by atoms with E-state index in [1.807, 2.05) is 36.4 Å². The minimum atomic E-state index is -0.450. The van der Waals surface area contributed by atoms with E-state index in [-0.39, 0.29) is 0 Å². The summed E-state index contributed by atoms with van der Waals surface area (Å²) in [4.78, 5) is 27.5. The quantitative estimate of drug-likeness (QED) is 0.618. The second-order valence-corrected chi connectivity index (χ2v) is 10.3. The molecule has 0 saturated heterocycles. The van der Waals surface area contributed by atoms with Crippen LogP contribution in [0.1, 0.15) is 11.1 Å². The Kier molecular flexibility index (Phi) is 7.77. The van der Waals surface area contributed by atoms with Gasteiger partial charge in [-0.05, 0) is 35.4 Å². The summed E-state index contributed by atoms with van der Waals surface area (Å²) in [6.07, 6.45) is -0.468. The third-order valence-electron chi connectivity index (χ3n) is 5.16. The fourth-order valence-corrected chi connectivity index (χ4v) is 2.98. The predicted octanol–water partition coefficient (Wildman–Crippen LogP) is 3.79. The van der Waals surface area contributed by atoms with Crippen LogP contribution in [0.15, 0.2) is 36.4 Å². The fraction of sp³-hybridized carbons (Fsp3) is 0.440. The van der Waals surface area contributed by atoms with Gasteiger partial charge in [0.25, 0.3) is 0 Å². The molecule has 0 bridgehead atoms. The summed E-state index contributed by atoms with van der Waals surface area (Å²) in [5, 5.41) is 0. The molecular formula is C25H38N4O4+2. The molecule has 8 heteroatoms. The van der Waals surface area contributed by atoms with Gasteiger partial charge in [-0.2, -0.15) is 0 Å². The lowest BCUT2D eigenvalue weighted by Crippen LogP contribution is -2.35. The number of rotatable bonds is 6. The summed E-state index contributed by atoms with van der Waals surface area (Å²) in [6.45, 7) is 0. The van der Waals surface area contributed by atoms with Crippen molar-refractivity contribution >= 4 is 23.6 Å². The number of hydrogen-bond acceptors (Lipinski definition) is 4. The first-order chi connectivity index (χ1) is 15.1. The largest absolute Gasteiger partial charge is 0.414 e. The summed E-state index contributed by atoms with van der Waals surface area (Å²) < 4.78 is 12.6. The Labute approximate surface area is 197 Å². The highest BCUT2D eigenvalue weighted by Gasteiger charge is 2.22. The summed E-state index contributed by atoms with van der Waals surface area (Å²) in [5.41, 5.74) is 3.64. The highest BCUT2D eigenvalue weighted by atomic mass is 16.6. The van der Waals surface area contributed by atoms with Crippen LogP contribution >= 0.6 is 0 Å². The maximum atomic E-state index is 12.3. The average molecular weight is 459 g/mol. The molecule has 0 aliphatic heterocycles. The van der Waals surface area contributed by atoms with Crippen LogP contribution in [-0.4, -0.2) is 92.5 Å². The Balaban J connectivity index is 2.55. The smallest absolute Gasteiger partial charge is 0.410 e. The van der Waals surface area contributed by atoms with Crippen LogP contribution in [0.3, 0.4) is 0 Å². The van der Waals surface area contributed by atoms with E-state index in [9.17, 15) is 9.59 Å². The van der Waals surface area contributed by atoms with Crippen molar-refractivity contribution in [1.29, 1.82) is 0 Å². The van der Waals surface area contributed by atoms with Crippen molar-refractivity contribution in [1.82, 2.24) is 18.8 Å². The zero-order chi connectivity index (χ0) is 25.1. The van der Waals surface area contributed by atoms with Crippen molar-refractivity contribution < 1.29 is 19.1 Å². The van der Waals surface area contributed by atoms with Crippen LogP contribution < -0.4 is 18.4 Å². The highest BCUT2D eigenvalue weighted by molar-refractivity contribution is 5.72. The Morgan fingerprint density at radius 3 is 1.27 bits per heavy atom. The Morgan fingerprint density at radius 2 is 1.00 bits per heavy atom. The van der Waals surface area contributed by atoms with Crippen molar-refractivity contribution in [2.24, 2.45) is 0 Å². The van der Waals surface area contributed by atoms with Crippen molar-refractivity contribution in [2.75, 3.05) is 70.5 Å². The maximum Gasteiger partial charge on any atom is 0.414 e. The van der Waals surface area contributed by atoms with E-state index in [4.69, 9.17) is 9.47 Å². The summed E-state index contributed by atoms with van der Waals surface area (Å²) in [7, 11) is 18.9. The van der Waals surface area contributed by atoms with Crippen LogP contribution in [0.2, 0.25) is 0 Å². The molecule has 180 valence electrons. The van der Waals surface area contributed by atoms with Gasteiger partial charge in [-0.3, -0.25) is 8.97 Å². The molecule has 0 saturated carbocycles. The lowest BCUT2D eigenvalue weighted by atomic mass is 10.0. The first-order valence-electron chi connectivity index (χ1n) is 10.8. The molecular weight excluding hydrogens is 420 g/mol. The molecule has 0 heterocycles. The number of ether oxygens (including phenoxy) is 2. The minimum absolute atomic E-state index is 0.431. The SMILES string of the molecule is CN(C)C(=O)Oc1cc([N+](C)(C)C)ccc1Cc1ccc([N+](C)(C)C)cc1OC(=O)N(C)C. The number of amides is 2. The molecule has 2 rings (SSSR count). The van der Waals surface area contributed by atoms with Crippen molar-refractivity contribution in [3.63, 3.8) is 0 Å². The number of hydrogen-bond donors (Lipinski definition) is 0. The highest BCUT2D eigenvalue weighted by Crippen LogP contribution is 2.34. The molecule has 0 unspecified atom stereocenters. The van der Waals surface area contributed by atoms with Crippen LogP contribution in [0.5, 0.6) is 11.5 Å². The third kappa shape index (κ3) is 6.94. The Hall–Kier alpha value is -3.10. The molecule has 0 aliphatic rings. The number of carbonyl (C=O) groups is 2. The number of benzene rings is 2. The van der Waals surface area contributed by atoms with E-state index in [1.165, 1.54) is 9.80 Å². The van der Waals surface area contributed by atoms with Gasteiger partial charge in [-0.25, -0.2) is 9.59 Å². The average Bonchev–Trinajstić information content (AvgIpc) is 2.68. The molecule has 0 N–H and O–H groups in total. The van der Waals surface area contributed by atoms with E-state index >= 15 is 0 Å². The lowest BCUT2D eigenvalue weighted by Gasteiger charge is -2.26. The molecule has 33 heavy (non-hydrogen) atoms. The lowest BCUT2D eigenvalue weighted by molar-refractivity contribution is 0.171. The first kappa shape index (κ1) is 26.2. The molecule has 8 nitrogen and oxygen atoms in total. The number of nitrogens with zero attached hydrogens (tertiary/aromatic N) is 4. The summed E-state index contributed by atoms with van der Waals surface area (Å²) >= 11 is 0. The first-order valence-corrected chi connectivity index (χ1v) is 10.8. The fourth-order valence-electron chi connectivity index (χ4n) is 2.98. The molecule has 2 amide bonds. The topological polar surface area (TPSA) is 59.1 Å². The van der Waals surface area contributed by atoms with Gasteiger partial charge in [0.1, 0.15) is 22.9 Å². The monoisotopic (exact) mass is 458 g/mol. The Morgan fingerprint density at radius 1 is 0.667 bits per heavy atom. The summed E-state index contributed by atoms with van der Waals surface area (Å²) in [5.74, 6) is 0.972. The van der Waals surface area contributed by atoms with E-state index in [2.05, 4.69) is 42.3 Å².